The largest absolute Gasteiger partial charge is 0.495 e. The summed E-state index contributed by atoms with van der Waals surface area (Å²) in [5.41, 5.74) is 3.64. The zero-order chi connectivity index (χ0) is 19.2. The summed E-state index contributed by atoms with van der Waals surface area (Å²) in [7, 11) is 1.59. The first-order valence-electron chi connectivity index (χ1n) is 8.28. The van der Waals surface area contributed by atoms with Crippen LogP contribution in [0, 0.1) is 6.92 Å². The number of benzene rings is 2. The van der Waals surface area contributed by atoms with E-state index in [0.29, 0.717) is 28.0 Å². The number of thiazole rings is 1. The van der Waals surface area contributed by atoms with Crippen molar-refractivity contribution < 1.29 is 9.53 Å². The average Bonchev–Trinajstić information content (AvgIpc) is 3.11. The summed E-state index contributed by atoms with van der Waals surface area (Å²) in [6.45, 7) is 1.97. The van der Waals surface area contributed by atoms with Crippen LogP contribution in [0.1, 0.15) is 11.3 Å². The average molecular weight is 419 g/mol. The summed E-state index contributed by atoms with van der Waals surface area (Å²) in [6.07, 6.45) is 0. The molecule has 0 bridgehead atoms. The lowest BCUT2D eigenvalue weighted by Crippen LogP contribution is -2.15. The number of nitrogens with zero attached hydrogens (tertiary/aromatic N) is 1. The van der Waals surface area contributed by atoms with Gasteiger partial charge >= 0.3 is 0 Å². The molecular formula is C20H19ClN2O2S2. The number of carbonyl (C=O) groups excluding carboxylic acids is 1. The Balaban J connectivity index is 1.54. The van der Waals surface area contributed by atoms with Crippen molar-refractivity contribution in [3.05, 3.63) is 64.1 Å². The summed E-state index contributed by atoms with van der Waals surface area (Å²) >= 11 is 9.31. The number of anilines is 1. The van der Waals surface area contributed by atoms with Gasteiger partial charge in [0.15, 0.2) is 0 Å². The van der Waals surface area contributed by atoms with Crippen LogP contribution in [0.25, 0.3) is 10.6 Å². The van der Waals surface area contributed by atoms with E-state index in [4.69, 9.17) is 16.3 Å². The van der Waals surface area contributed by atoms with Gasteiger partial charge in [-0.05, 0) is 30.7 Å². The van der Waals surface area contributed by atoms with E-state index in [-0.39, 0.29) is 5.91 Å². The first kappa shape index (κ1) is 19.7. The zero-order valence-corrected chi connectivity index (χ0v) is 17.4. The Kier molecular flexibility index (Phi) is 6.77. The maximum absolute atomic E-state index is 12.2. The molecule has 0 spiro atoms. The number of nitrogens with one attached hydrogen (secondary N) is 1. The van der Waals surface area contributed by atoms with Crippen molar-refractivity contribution in [2.75, 3.05) is 18.2 Å². The number of rotatable bonds is 7. The molecule has 0 fully saturated rings. The van der Waals surface area contributed by atoms with E-state index in [1.165, 1.54) is 11.8 Å². The Hall–Kier alpha value is -2.02. The van der Waals surface area contributed by atoms with Crippen LogP contribution in [-0.2, 0) is 10.5 Å². The third-order valence-corrected chi connectivity index (χ3v) is 5.99. The predicted molar refractivity (Wildman–Crippen MR) is 115 cm³/mol. The molecule has 3 rings (SSSR count). The Labute approximate surface area is 171 Å². The monoisotopic (exact) mass is 418 g/mol. The molecule has 7 heteroatoms. The first-order chi connectivity index (χ1) is 13.1. The van der Waals surface area contributed by atoms with Gasteiger partial charge in [0.2, 0.25) is 5.91 Å². The molecule has 0 aliphatic carbocycles. The molecule has 140 valence electrons. The third-order valence-electron chi connectivity index (χ3n) is 3.77. The second kappa shape index (κ2) is 9.26. The van der Waals surface area contributed by atoms with Crippen LogP contribution in [0.4, 0.5) is 5.69 Å². The minimum absolute atomic E-state index is 0.0644. The fourth-order valence-corrected chi connectivity index (χ4v) is 4.45. The molecule has 0 radical (unpaired) electrons. The summed E-state index contributed by atoms with van der Waals surface area (Å²) in [5.74, 6) is 1.60. The van der Waals surface area contributed by atoms with E-state index in [9.17, 15) is 4.79 Å². The quantitative estimate of drug-likeness (QED) is 0.538. The molecule has 0 unspecified atom stereocenters. The molecule has 1 amide bonds. The summed E-state index contributed by atoms with van der Waals surface area (Å²) in [6, 6.07) is 13.4. The highest BCUT2D eigenvalue weighted by molar-refractivity contribution is 7.99. The van der Waals surface area contributed by atoms with Gasteiger partial charge in [-0.1, -0.05) is 35.9 Å². The molecule has 1 aromatic heterocycles. The molecule has 27 heavy (non-hydrogen) atoms. The van der Waals surface area contributed by atoms with Gasteiger partial charge in [-0.3, -0.25) is 4.79 Å². The molecule has 4 nitrogen and oxygen atoms in total. The van der Waals surface area contributed by atoms with Gasteiger partial charge in [-0.25, -0.2) is 4.98 Å². The topological polar surface area (TPSA) is 51.2 Å². The molecule has 0 atom stereocenters. The zero-order valence-electron chi connectivity index (χ0n) is 15.0. The Morgan fingerprint density at radius 1 is 1.30 bits per heavy atom. The lowest BCUT2D eigenvalue weighted by molar-refractivity contribution is -0.113. The van der Waals surface area contributed by atoms with Crippen molar-refractivity contribution in [2.45, 2.75) is 12.7 Å². The summed E-state index contributed by atoms with van der Waals surface area (Å²) < 4.78 is 5.29. The maximum atomic E-state index is 12.2. The fraction of sp³-hybridized carbons (Fsp3) is 0.200. The molecule has 2 aromatic carbocycles. The van der Waals surface area contributed by atoms with Gasteiger partial charge in [0.1, 0.15) is 10.8 Å². The van der Waals surface area contributed by atoms with E-state index in [2.05, 4.69) is 10.3 Å². The van der Waals surface area contributed by atoms with E-state index in [1.54, 1.807) is 18.4 Å². The minimum Gasteiger partial charge on any atom is -0.495 e. The number of methoxy groups -OCH3 is 1. The predicted octanol–water partition coefficient (Wildman–Crippen LogP) is 5.65. The highest BCUT2D eigenvalue weighted by Gasteiger charge is 2.11. The van der Waals surface area contributed by atoms with Gasteiger partial charge < -0.3 is 10.1 Å². The first-order valence-corrected chi connectivity index (χ1v) is 10.7. The van der Waals surface area contributed by atoms with Crippen molar-refractivity contribution in [3.8, 4) is 16.3 Å². The number of halogens is 1. The molecule has 0 saturated heterocycles. The number of amides is 1. The standard InChI is InChI=1S/C20H19ClN2O2S2/c1-13-7-8-18(25-2)17(9-13)23-19(24)12-26-10-14-11-27-20(22-14)15-5-3-4-6-16(15)21/h3-9,11H,10,12H2,1-2H3,(H,23,24). The summed E-state index contributed by atoms with van der Waals surface area (Å²) in [4.78, 5) is 16.9. The van der Waals surface area contributed by atoms with Crippen molar-refractivity contribution >= 4 is 46.3 Å². The number of carbonyl (C=O) groups is 1. The van der Waals surface area contributed by atoms with Crippen molar-refractivity contribution in [1.82, 2.24) is 4.98 Å². The van der Waals surface area contributed by atoms with Gasteiger partial charge in [-0.2, -0.15) is 0 Å². The van der Waals surface area contributed by atoms with Crippen molar-refractivity contribution in [1.29, 1.82) is 0 Å². The molecule has 1 N–H and O–H groups in total. The number of aryl methyl sites for hydroxylation is 1. The number of hydrogen-bond acceptors (Lipinski definition) is 5. The van der Waals surface area contributed by atoms with Crippen LogP contribution in [0.3, 0.4) is 0 Å². The van der Waals surface area contributed by atoms with Crippen LogP contribution < -0.4 is 10.1 Å². The lowest BCUT2D eigenvalue weighted by atomic mass is 10.2. The Morgan fingerprint density at radius 3 is 2.89 bits per heavy atom. The number of thioether (sulfide) groups is 1. The van der Waals surface area contributed by atoms with Crippen LogP contribution in [0.2, 0.25) is 5.02 Å². The van der Waals surface area contributed by atoms with Crippen LogP contribution in [0.15, 0.2) is 47.8 Å². The van der Waals surface area contributed by atoms with Crippen LogP contribution in [0.5, 0.6) is 5.75 Å². The highest BCUT2D eigenvalue weighted by atomic mass is 35.5. The second-order valence-electron chi connectivity index (χ2n) is 5.87. The summed E-state index contributed by atoms with van der Waals surface area (Å²) in [5, 5.41) is 6.50. The van der Waals surface area contributed by atoms with Gasteiger partial charge in [0, 0.05) is 16.7 Å². The van der Waals surface area contributed by atoms with Crippen LogP contribution in [-0.4, -0.2) is 23.8 Å². The number of aromatic nitrogens is 1. The molecular weight excluding hydrogens is 400 g/mol. The molecule has 0 aliphatic heterocycles. The number of ether oxygens (including phenoxy) is 1. The fourth-order valence-electron chi connectivity index (χ4n) is 2.49. The molecule has 0 aliphatic rings. The minimum atomic E-state index is -0.0644. The van der Waals surface area contributed by atoms with Crippen molar-refractivity contribution in [2.24, 2.45) is 0 Å². The van der Waals surface area contributed by atoms with Crippen LogP contribution >= 0.6 is 34.7 Å². The molecule has 1 heterocycles. The van der Waals surface area contributed by atoms with Gasteiger partial charge in [0.05, 0.1) is 29.3 Å². The Bertz CT molecular complexity index is 943. The number of hydrogen-bond donors (Lipinski definition) is 1. The second-order valence-corrected chi connectivity index (χ2v) is 8.12. The van der Waals surface area contributed by atoms with E-state index in [0.717, 1.165) is 21.8 Å². The van der Waals surface area contributed by atoms with Gasteiger partial charge in [-0.15, -0.1) is 23.1 Å². The van der Waals surface area contributed by atoms with E-state index in [1.807, 2.05) is 54.8 Å². The lowest BCUT2D eigenvalue weighted by Gasteiger charge is -2.10. The van der Waals surface area contributed by atoms with E-state index < -0.39 is 0 Å². The van der Waals surface area contributed by atoms with Gasteiger partial charge in [0.25, 0.3) is 0 Å². The third kappa shape index (κ3) is 5.25. The highest BCUT2D eigenvalue weighted by Crippen LogP contribution is 2.31. The smallest absolute Gasteiger partial charge is 0.234 e. The normalized spacial score (nSPS) is 10.6. The SMILES string of the molecule is COc1ccc(C)cc1NC(=O)CSCc1csc(-c2ccccc2Cl)n1. The maximum Gasteiger partial charge on any atom is 0.234 e. The Morgan fingerprint density at radius 2 is 2.11 bits per heavy atom. The van der Waals surface area contributed by atoms with Crippen molar-refractivity contribution in [3.63, 3.8) is 0 Å². The molecule has 0 saturated carbocycles. The van der Waals surface area contributed by atoms with E-state index >= 15 is 0 Å². The molecule has 3 aromatic rings.